The number of primary amides is 1. The summed E-state index contributed by atoms with van der Waals surface area (Å²) >= 11 is 9.63. The van der Waals surface area contributed by atoms with Crippen molar-refractivity contribution in [3.05, 3.63) is 48.7 Å². The van der Waals surface area contributed by atoms with Gasteiger partial charge in [-0.3, -0.25) is 4.79 Å². The lowest BCUT2D eigenvalue weighted by Gasteiger charge is -2.07. The Morgan fingerprint density at radius 1 is 1.44 bits per heavy atom. The minimum absolute atomic E-state index is 0.390. The summed E-state index contributed by atoms with van der Waals surface area (Å²) in [5.74, 6) is -0.390. The number of nitrogens with two attached hydrogens (primary N) is 1. The van der Waals surface area contributed by atoms with Crippen molar-refractivity contribution in [2.75, 3.05) is 5.32 Å². The van der Waals surface area contributed by atoms with Crippen molar-refractivity contribution < 1.29 is 4.79 Å². The Kier molecular flexibility index (Phi) is 4.47. The lowest BCUT2D eigenvalue weighted by atomic mass is 10.3. The summed E-state index contributed by atoms with van der Waals surface area (Å²) in [5.41, 5.74) is 6.79. The first-order valence-corrected chi connectivity index (χ1v) is 7.46. The van der Waals surface area contributed by atoms with Crippen LogP contribution in [0.2, 0.25) is 5.02 Å². The number of rotatable bonds is 4. The average Bonchev–Trinajstić information content (AvgIpc) is 2.76. The van der Waals surface area contributed by atoms with Gasteiger partial charge in [0.2, 0.25) is 5.91 Å². The van der Waals surface area contributed by atoms with Crippen LogP contribution in [0.1, 0.15) is 15.2 Å². The molecular formula is C12H10ClIN2OS. The van der Waals surface area contributed by atoms with Crippen LogP contribution in [0.4, 0.5) is 5.69 Å². The highest BCUT2D eigenvalue weighted by atomic mass is 127. The monoisotopic (exact) mass is 392 g/mol. The molecule has 0 aliphatic rings. The highest BCUT2D eigenvalue weighted by Gasteiger charge is 2.05. The zero-order valence-electron chi connectivity index (χ0n) is 9.24. The van der Waals surface area contributed by atoms with Gasteiger partial charge in [0.15, 0.2) is 0 Å². The molecule has 0 saturated carbocycles. The van der Waals surface area contributed by atoms with Crippen molar-refractivity contribution in [3.63, 3.8) is 0 Å². The number of carbonyl (C=O) groups is 1. The summed E-state index contributed by atoms with van der Waals surface area (Å²) in [4.78, 5) is 12.0. The minimum atomic E-state index is -0.390. The molecule has 2 aromatic rings. The van der Waals surface area contributed by atoms with Gasteiger partial charge in [-0.15, -0.1) is 11.3 Å². The zero-order valence-corrected chi connectivity index (χ0v) is 13.0. The van der Waals surface area contributed by atoms with Crippen LogP contribution < -0.4 is 11.1 Å². The van der Waals surface area contributed by atoms with Crippen LogP contribution in [-0.2, 0) is 6.54 Å². The van der Waals surface area contributed by atoms with E-state index < -0.39 is 5.91 Å². The van der Waals surface area contributed by atoms with Crippen LogP contribution >= 0.6 is 45.5 Å². The van der Waals surface area contributed by atoms with E-state index in [0.29, 0.717) is 12.1 Å². The second-order valence-electron chi connectivity index (χ2n) is 3.64. The minimum Gasteiger partial charge on any atom is -0.379 e. The molecular weight excluding hydrogens is 383 g/mol. The fourth-order valence-corrected chi connectivity index (χ4v) is 3.29. The maximum atomic E-state index is 11.0. The van der Waals surface area contributed by atoms with Gasteiger partial charge < -0.3 is 11.1 Å². The van der Waals surface area contributed by atoms with E-state index in [2.05, 4.69) is 27.9 Å². The van der Waals surface area contributed by atoms with Crippen LogP contribution in [0.5, 0.6) is 0 Å². The predicted octanol–water partition coefficient (Wildman–Crippen LogP) is 3.72. The normalized spacial score (nSPS) is 10.3. The molecule has 0 fully saturated rings. The van der Waals surface area contributed by atoms with Crippen LogP contribution in [0.15, 0.2) is 29.6 Å². The Morgan fingerprint density at radius 3 is 2.83 bits per heavy atom. The Labute approximate surface area is 127 Å². The van der Waals surface area contributed by atoms with Gasteiger partial charge in [0.05, 0.1) is 5.56 Å². The third-order valence-electron chi connectivity index (χ3n) is 2.32. The Balaban J connectivity index is 2.04. The second-order valence-corrected chi connectivity index (χ2v) is 6.24. The number of thiophene rings is 1. The molecule has 3 nitrogen and oxygen atoms in total. The molecule has 1 heterocycles. The lowest BCUT2D eigenvalue weighted by molar-refractivity contribution is 0.100. The summed E-state index contributed by atoms with van der Waals surface area (Å²) in [7, 11) is 0. The molecule has 1 aromatic carbocycles. The van der Waals surface area contributed by atoms with E-state index in [1.165, 1.54) is 11.3 Å². The van der Waals surface area contributed by atoms with E-state index in [1.54, 1.807) is 5.38 Å². The van der Waals surface area contributed by atoms with Crippen molar-refractivity contribution in [1.82, 2.24) is 0 Å². The molecule has 0 aliphatic heterocycles. The van der Waals surface area contributed by atoms with Crippen molar-refractivity contribution in [2.24, 2.45) is 5.73 Å². The first-order valence-electron chi connectivity index (χ1n) is 5.12. The van der Waals surface area contributed by atoms with Gasteiger partial charge in [-0.1, -0.05) is 11.6 Å². The SMILES string of the molecule is NC(=O)c1csc(CNc2ccc(Cl)cc2I)c1. The predicted molar refractivity (Wildman–Crippen MR) is 84.3 cm³/mol. The van der Waals surface area contributed by atoms with E-state index in [4.69, 9.17) is 17.3 Å². The average molecular weight is 393 g/mol. The molecule has 1 amide bonds. The first-order chi connectivity index (χ1) is 8.56. The number of hydrogen-bond acceptors (Lipinski definition) is 3. The summed E-state index contributed by atoms with van der Waals surface area (Å²) in [6.45, 7) is 0.662. The number of halogens is 2. The van der Waals surface area contributed by atoms with Crippen molar-refractivity contribution in [1.29, 1.82) is 0 Å². The molecule has 0 bridgehead atoms. The Hall–Kier alpha value is -0.790. The van der Waals surface area contributed by atoms with Gasteiger partial charge >= 0.3 is 0 Å². The summed E-state index contributed by atoms with van der Waals surface area (Å²) < 4.78 is 1.06. The van der Waals surface area contributed by atoms with Crippen LogP contribution in [0.25, 0.3) is 0 Å². The van der Waals surface area contributed by atoms with Gasteiger partial charge in [-0.05, 0) is 46.9 Å². The fraction of sp³-hybridized carbons (Fsp3) is 0.0833. The molecule has 0 saturated heterocycles. The van der Waals surface area contributed by atoms with Crippen molar-refractivity contribution >= 4 is 57.1 Å². The highest BCUT2D eigenvalue weighted by Crippen LogP contribution is 2.23. The Morgan fingerprint density at radius 2 is 2.22 bits per heavy atom. The number of nitrogens with one attached hydrogen (secondary N) is 1. The van der Waals surface area contributed by atoms with E-state index in [0.717, 1.165) is 19.2 Å². The van der Waals surface area contributed by atoms with Gasteiger partial charge in [0.1, 0.15) is 0 Å². The molecule has 94 valence electrons. The number of hydrogen-bond donors (Lipinski definition) is 2. The molecule has 3 N–H and O–H groups in total. The topological polar surface area (TPSA) is 55.1 Å². The molecule has 0 radical (unpaired) electrons. The largest absolute Gasteiger partial charge is 0.379 e. The molecule has 0 atom stereocenters. The molecule has 0 unspecified atom stereocenters. The highest BCUT2D eigenvalue weighted by molar-refractivity contribution is 14.1. The Bertz CT molecular complexity index is 585. The molecule has 2 rings (SSSR count). The quantitative estimate of drug-likeness (QED) is 0.779. The van der Waals surface area contributed by atoms with Crippen molar-refractivity contribution in [2.45, 2.75) is 6.54 Å². The molecule has 0 aliphatic carbocycles. The molecule has 6 heteroatoms. The molecule has 0 spiro atoms. The molecule has 1 aromatic heterocycles. The maximum Gasteiger partial charge on any atom is 0.249 e. The third kappa shape index (κ3) is 3.37. The van der Waals surface area contributed by atoms with Crippen LogP contribution in [-0.4, -0.2) is 5.91 Å². The smallest absolute Gasteiger partial charge is 0.249 e. The van der Waals surface area contributed by atoms with E-state index in [-0.39, 0.29) is 0 Å². The van der Waals surface area contributed by atoms with Gasteiger partial charge in [-0.2, -0.15) is 0 Å². The summed E-state index contributed by atoms with van der Waals surface area (Å²) in [6, 6.07) is 7.48. The number of carbonyl (C=O) groups excluding carboxylic acids is 1. The van der Waals surface area contributed by atoms with Gasteiger partial charge in [-0.25, -0.2) is 0 Å². The van der Waals surface area contributed by atoms with Crippen LogP contribution in [0.3, 0.4) is 0 Å². The number of amides is 1. The summed E-state index contributed by atoms with van der Waals surface area (Å²) in [5, 5.41) is 5.79. The lowest BCUT2D eigenvalue weighted by Crippen LogP contribution is -2.09. The van der Waals surface area contributed by atoms with Gasteiger partial charge in [0.25, 0.3) is 0 Å². The second kappa shape index (κ2) is 5.90. The van der Waals surface area contributed by atoms with E-state index in [1.807, 2.05) is 24.3 Å². The van der Waals surface area contributed by atoms with E-state index in [9.17, 15) is 4.79 Å². The zero-order chi connectivity index (χ0) is 13.1. The van der Waals surface area contributed by atoms with Crippen molar-refractivity contribution in [3.8, 4) is 0 Å². The van der Waals surface area contributed by atoms with Crippen LogP contribution in [0, 0.1) is 3.57 Å². The number of anilines is 1. The number of benzene rings is 1. The molecule has 18 heavy (non-hydrogen) atoms. The fourth-order valence-electron chi connectivity index (χ4n) is 1.42. The van der Waals surface area contributed by atoms with E-state index >= 15 is 0 Å². The first kappa shape index (κ1) is 13.6. The maximum absolute atomic E-state index is 11.0. The third-order valence-corrected chi connectivity index (χ3v) is 4.39. The van der Waals surface area contributed by atoms with Gasteiger partial charge in [0, 0.05) is 31.1 Å². The summed E-state index contributed by atoms with van der Waals surface area (Å²) in [6.07, 6.45) is 0. The standard InChI is InChI=1S/C12H10ClIN2OS/c13-8-1-2-11(10(14)4-8)16-5-9-3-7(6-18-9)12(15)17/h1-4,6,16H,5H2,(H2,15,17).